The van der Waals surface area contributed by atoms with Crippen LogP contribution in [0.2, 0.25) is 0 Å². The normalized spacial score (nSPS) is 21.6. The Kier molecular flexibility index (Phi) is 5.39. The van der Waals surface area contributed by atoms with Crippen molar-refractivity contribution in [2.45, 2.75) is 44.4 Å². The number of amides is 1. The van der Waals surface area contributed by atoms with Gasteiger partial charge in [-0.1, -0.05) is 22.0 Å². The molecule has 32 heavy (non-hydrogen) atoms. The van der Waals surface area contributed by atoms with Crippen molar-refractivity contribution in [2.75, 3.05) is 36.0 Å². The molecule has 5 nitrogen and oxygen atoms in total. The van der Waals surface area contributed by atoms with Gasteiger partial charge in [0.2, 0.25) is 0 Å². The van der Waals surface area contributed by atoms with E-state index in [1.54, 1.807) is 4.90 Å². The minimum absolute atomic E-state index is 0.180. The van der Waals surface area contributed by atoms with Crippen molar-refractivity contribution in [3.63, 3.8) is 0 Å². The molecule has 2 saturated heterocycles. The lowest BCUT2D eigenvalue weighted by Crippen LogP contribution is -2.40. The molecule has 1 spiro atoms. The van der Waals surface area contributed by atoms with E-state index < -0.39 is 11.8 Å². The molecule has 1 aromatic heterocycles. The van der Waals surface area contributed by atoms with Crippen LogP contribution in [0.1, 0.15) is 49.0 Å². The standard InChI is InChI=1S/C24H27BrF2N4O/c25-16-1-2-17(19(15-16)30-11-7-23(5-6-23)8-12-30)18-3-4-20(29-21(18)22(28)32)31-13-9-24(26,27)10-14-31/h1-4,15H,5-14H2,(H2,28,32). The molecule has 2 aromatic rings. The fourth-order valence-electron chi connectivity index (χ4n) is 4.99. The SMILES string of the molecule is NC(=O)c1nc(N2CCC(F)(F)CC2)ccc1-c1ccc(Br)cc1N1CCC2(CC1)CC2. The summed E-state index contributed by atoms with van der Waals surface area (Å²) >= 11 is 3.59. The van der Waals surface area contributed by atoms with E-state index in [9.17, 15) is 13.6 Å². The molecule has 0 radical (unpaired) electrons. The lowest BCUT2D eigenvalue weighted by Gasteiger charge is -2.35. The zero-order valence-corrected chi connectivity index (χ0v) is 19.5. The molecule has 1 amide bonds. The Morgan fingerprint density at radius 2 is 1.53 bits per heavy atom. The van der Waals surface area contributed by atoms with Crippen molar-refractivity contribution < 1.29 is 13.6 Å². The van der Waals surface area contributed by atoms with E-state index in [1.807, 2.05) is 24.3 Å². The van der Waals surface area contributed by atoms with Gasteiger partial charge in [-0.05, 0) is 55.4 Å². The van der Waals surface area contributed by atoms with Crippen LogP contribution < -0.4 is 15.5 Å². The van der Waals surface area contributed by atoms with Gasteiger partial charge in [0.1, 0.15) is 11.5 Å². The van der Waals surface area contributed by atoms with Crippen LogP contribution in [-0.2, 0) is 0 Å². The average Bonchev–Trinajstić information content (AvgIpc) is 3.53. The first-order chi connectivity index (χ1) is 15.3. The molecule has 1 aliphatic carbocycles. The third kappa shape index (κ3) is 4.21. The Morgan fingerprint density at radius 3 is 2.16 bits per heavy atom. The number of carbonyl (C=O) groups excluding carboxylic acids is 1. The van der Waals surface area contributed by atoms with Gasteiger partial charge in [0.25, 0.3) is 11.8 Å². The molecule has 2 N–H and O–H groups in total. The molecule has 3 heterocycles. The highest BCUT2D eigenvalue weighted by Crippen LogP contribution is 2.54. The lowest BCUT2D eigenvalue weighted by atomic mass is 9.92. The number of anilines is 2. The predicted octanol–water partition coefficient (Wildman–Crippen LogP) is 5.23. The Balaban J connectivity index is 1.48. The van der Waals surface area contributed by atoms with E-state index >= 15 is 0 Å². The maximum atomic E-state index is 13.6. The molecule has 3 aliphatic rings. The Morgan fingerprint density at radius 1 is 0.906 bits per heavy atom. The molecule has 3 fully saturated rings. The summed E-state index contributed by atoms with van der Waals surface area (Å²) in [6, 6.07) is 9.70. The number of hydrogen-bond donors (Lipinski definition) is 1. The summed E-state index contributed by atoms with van der Waals surface area (Å²) in [5, 5.41) is 0. The molecule has 0 unspecified atom stereocenters. The van der Waals surface area contributed by atoms with Gasteiger partial charge in [0.05, 0.1) is 0 Å². The number of nitrogens with zero attached hydrogens (tertiary/aromatic N) is 3. The van der Waals surface area contributed by atoms with Crippen molar-refractivity contribution in [3.05, 3.63) is 40.5 Å². The van der Waals surface area contributed by atoms with Crippen LogP contribution >= 0.6 is 15.9 Å². The molecular weight excluding hydrogens is 478 g/mol. The van der Waals surface area contributed by atoms with E-state index in [0.29, 0.717) is 16.8 Å². The van der Waals surface area contributed by atoms with E-state index in [1.165, 1.54) is 25.7 Å². The van der Waals surface area contributed by atoms with Crippen LogP contribution in [-0.4, -0.2) is 43.0 Å². The summed E-state index contributed by atoms with van der Waals surface area (Å²) in [6.45, 7) is 2.39. The molecule has 170 valence electrons. The molecule has 2 aliphatic heterocycles. The van der Waals surface area contributed by atoms with Gasteiger partial charge in [-0.3, -0.25) is 4.79 Å². The number of hydrogen-bond acceptors (Lipinski definition) is 4. The summed E-state index contributed by atoms with van der Waals surface area (Å²) < 4.78 is 28.1. The van der Waals surface area contributed by atoms with Crippen LogP contribution in [0.15, 0.2) is 34.8 Å². The smallest absolute Gasteiger partial charge is 0.268 e. The topological polar surface area (TPSA) is 62.5 Å². The zero-order valence-electron chi connectivity index (χ0n) is 17.9. The largest absolute Gasteiger partial charge is 0.371 e. The van der Waals surface area contributed by atoms with Crippen LogP contribution in [0.25, 0.3) is 11.1 Å². The molecule has 1 saturated carbocycles. The Labute approximate surface area is 195 Å². The molecule has 1 aromatic carbocycles. The molecule has 8 heteroatoms. The van der Waals surface area contributed by atoms with Crippen molar-refractivity contribution in [3.8, 4) is 11.1 Å². The monoisotopic (exact) mass is 504 g/mol. The number of alkyl halides is 2. The van der Waals surface area contributed by atoms with Gasteiger partial charge in [-0.15, -0.1) is 0 Å². The summed E-state index contributed by atoms with van der Waals surface area (Å²) in [4.78, 5) is 21.1. The third-order valence-electron chi connectivity index (χ3n) is 7.30. The molecule has 5 rings (SSSR count). The van der Waals surface area contributed by atoms with Crippen LogP contribution in [0.5, 0.6) is 0 Å². The van der Waals surface area contributed by atoms with Crippen LogP contribution in [0.3, 0.4) is 0 Å². The number of benzene rings is 1. The van der Waals surface area contributed by atoms with Gasteiger partial charge >= 0.3 is 0 Å². The Bertz CT molecular complexity index is 1040. The highest BCUT2D eigenvalue weighted by molar-refractivity contribution is 9.10. The third-order valence-corrected chi connectivity index (χ3v) is 7.80. The molecular formula is C24H27BrF2N4O. The highest BCUT2D eigenvalue weighted by atomic mass is 79.9. The van der Waals surface area contributed by atoms with E-state index in [0.717, 1.165) is 28.8 Å². The number of rotatable bonds is 4. The summed E-state index contributed by atoms with van der Waals surface area (Å²) in [5.74, 6) is -2.73. The number of pyridine rings is 1. The van der Waals surface area contributed by atoms with Crippen molar-refractivity contribution in [2.24, 2.45) is 11.1 Å². The first-order valence-electron chi connectivity index (χ1n) is 11.2. The minimum Gasteiger partial charge on any atom is -0.371 e. The minimum atomic E-state index is -2.64. The second-order valence-electron chi connectivity index (χ2n) is 9.42. The second-order valence-corrected chi connectivity index (χ2v) is 10.3. The van der Waals surface area contributed by atoms with Gasteiger partial charge < -0.3 is 15.5 Å². The summed E-state index contributed by atoms with van der Waals surface area (Å²) in [7, 11) is 0. The van der Waals surface area contributed by atoms with E-state index in [2.05, 4.69) is 31.9 Å². The highest BCUT2D eigenvalue weighted by Gasteiger charge is 2.44. The van der Waals surface area contributed by atoms with Gasteiger partial charge in [-0.2, -0.15) is 0 Å². The fraction of sp³-hybridized carbons (Fsp3) is 0.500. The number of piperidine rings is 2. The van der Waals surface area contributed by atoms with Crippen molar-refractivity contribution >= 4 is 33.3 Å². The lowest BCUT2D eigenvalue weighted by molar-refractivity contribution is -0.0221. The van der Waals surface area contributed by atoms with Crippen LogP contribution in [0, 0.1) is 5.41 Å². The summed E-state index contributed by atoms with van der Waals surface area (Å²) in [6.07, 6.45) is 4.64. The van der Waals surface area contributed by atoms with Crippen LogP contribution in [0.4, 0.5) is 20.3 Å². The van der Waals surface area contributed by atoms with Crippen molar-refractivity contribution in [1.29, 1.82) is 0 Å². The average molecular weight is 505 g/mol. The number of primary amides is 1. The zero-order chi connectivity index (χ0) is 22.5. The predicted molar refractivity (Wildman–Crippen MR) is 125 cm³/mol. The number of aromatic nitrogens is 1. The van der Waals surface area contributed by atoms with Gasteiger partial charge in [-0.25, -0.2) is 13.8 Å². The number of halogens is 3. The number of carbonyl (C=O) groups is 1. The first-order valence-corrected chi connectivity index (χ1v) is 12.0. The quantitative estimate of drug-likeness (QED) is 0.619. The maximum absolute atomic E-state index is 13.6. The maximum Gasteiger partial charge on any atom is 0.268 e. The van der Waals surface area contributed by atoms with Crippen molar-refractivity contribution in [1.82, 2.24) is 4.98 Å². The first kappa shape index (κ1) is 21.6. The Hall–Kier alpha value is -2.22. The molecule has 0 atom stereocenters. The van der Waals surface area contributed by atoms with Gasteiger partial charge in [0, 0.05) is 60.3 Å². The second kappa shape index (κ2) is 7.97. The van der Waals surface area contributed by atoms with Gasteiger partial charge in [0.15, 0.2) is 0 Å². The fourth-order valence-corrected chi connectivity index (χ4v) is 5.34. The number of nitrogens with two attached hydrogens (primary N) is 1. The molecule has 0 bridgehead atoms. The summed E-state index contributed by atoms with van der Waals surface area (Å²) in [5.41, 5.74) is 9.13. The van der Waals surface area contributed by atoms with E-state index in [-0.39, 0.29) is 31.6 Å². The van der Waals surface area contributed by atoms with E-state index in [4.69, 9.17) is 5.73 Å².